The number of nitriles is 1. The molecule has 0 radical (unpaired) electrons. The largest absolute Gasteiger partial charge is 0.414 e. The fourth-order valence-corrected chi connectivity index (χ4v) is 4.39. The van der Waals surface area contributed by atoms with E-state index in [2.05, 4.69) is 39.9 Å². The Labute approximate surface area is 182 Å². The van der Waals surface area contributed by atoms with Crippen LogP contribution in [0.1, 0.15) is 55.4 Å². The first-order chi connectivity index (χ1) is 13.6. The SMILES string of the molecule is CC(=N)/C(C)=C/C=C(\C)[C@]1(C#N)O[C@H](CO[Si](C)(C)C(C)(C)C)[C@H]2OC(C)(C)O[C@H]21. The maximum Gasteiger partial charge on any atom is 0.204 e. The van der Waals surface area contributed by atoms with E-state index in [1.165, 1.54) is 0 Å². The zero-order valence-corrected chi connectivity index (χ0v) is 21.2. The monoisotopic (exact) mass is 434 g/mol. The molecule has 6 nitrogen and oxygen atoms in total. The number of ether oxygens (including phenoxy) is 3. The van der Waals surface area contributed by atoms with Gasteiger partial charge in [-0.15, -0.1) is 0 Å². The van der Waals surface area contributed by atoms with Gasteiger partial charge >= 0.3 is 0 Å². The first-order valence-corrected chi connectivity index (χ1v) is 13.5. The van der Waals surface area contributed by atoms with Crippen molar-refractivity contribution >= 4 is 14.0 Å². The van der Waals surface area contributed by atoms with Gasteiger partial charge in [-0.3, -0.25) is 0 Å². The summed E-state index contributed by atoms with van der Waals surface area (Å²) >= 11 is 0. The highest BCUT2D eigenvalue weighted by Crippen LogP contribution is 2.47. The zero-order valence-electron chi connectivity index (χ0n) is 20.2. The predicted octanol–water partition coefficient (Wildman–Crippen LogP) is 5.12. The molecule has 0 aromatic rings. The highest BCUT2D eigenvalue weighted by Gasteiger charge is 2.64. The molecule has 2 aliphatic rings. The minimum Gasteiger partial charge on any atom is -0.414 e. The minimum absolute atomic E-state index is 0.0758. The predicted molar refractivity (Wildman–Crippen MR) is 121 cm³/mol. The summed E-state index contributed by atoms with van der Waals surface area (Å²) in [5.41, 5.74) is 0.792. The van der Waals surface area contributed by atoms with Gasteiger partial charge in [-0.25, -0.2) is 0 Å². The van der Waals surface area contributed by atoms with Crippen LogP contribution in [0, 0.1) is 16.7 Å². The molecular weight excluding hydrogens is 396 g/mol. The lowest BCUT2D eigenvalue weighted by Crippen LogP contribution is -2.44. The maximum atomic E-state index is 10.2. The second-order valence-electron chi connectivity index (χ2n) is 10.4. The van der Waals surface area contributed by atoms with Crippen molar-refractivity contribution in [1.29, 1.82) is 10.7 Å². The Balaban J connectivity index is 2.36. The van der Waals surface area contributed by atoms with Crippen molar-refractivity contribution in [1.82, 2.24) is 0 Å². The number of nitrogens with zero attached hydrogens (tertiary/aromatic N) is 1. The maximum absolute atomic E-state index is 10.2. The van der Waals surface area contributed by atoms with Gasteiger partial charge in [0.05, 0.1) is 6.61 Å². The molecule has 0 aromatic carbocycles. The molecule has 7 heteroatoms. The third kappa shape index (κ3) is 4.79. The molecule has 2 heterocycles. The summed E-state index contributed by atoms with van der Waals surface area (Å²) in [7, 11) is -1.99. The van der Waals surface area contributed by atoms with E-state index in [4.69, 9.17) is 24.0 Å². The molecule has 2 aliphatic heterocycles. The van der Waals surface area contributed by atoms with Gasteiger partial charge in [0.25, 0.3) is 0 Å². The smallest absolute Gasteiger partial charge is 0.204 e. The molecule has 0 bridgehead atoms. The Morgan fingerprint density at radius 2 is 1.73 bits per heavy atom. The average Bonchev–Trinajstić information content (AvgIpc) is 3.08. The summed E-state index contributed by atoms with van der Waals surface area (Å²) in [6, 6.07) is 2.37. The average molecular weight is 435 g/mol. The minimum atomic E-state index is -1.99. The molecule has 0 spiro atoms. The Bertz CT molecular complexity index is 788. The molecular formula is C23H38N2O4Si. The Kier molecular flexibility index (Phi) is 6.93. The standard InChI is InChI=1S/C23H38N2O4Si/c1-15(17(3)25)11-12-16(2)23(14-24)20-19(28-22(7,8)29-20)18(27-23)13-26-30(9,10)21(4,5)6/h11-12,18-20,25H,13H2,1-10H3/b15-11+,16-12+,25-17?/t18-,19-,20-,23+/m1/s1. The van der Waals surface area contributed by atoms with Gasteiger partial charge in [0.1, 0.15) is 24.4 Å². The second-order valence-corrected chi connectivity index (χ2v) is 15.2. The lowest BCUT2D eigenvalue weighted by Gasteiger charge is -2.37. The zero-order chi connectivity index (χ0) is 23.1. The van der Waals surface area contributed by atoms with Crippen LogP contribution >= 0.6 is 0 Å². The molecule has 0 saturated carbocycles. The van der Waals surface area contributed by atoms with Crippen molar-refractivity contribution in [2.75, 3.05) is 6.61 Å². The van der Waals surface area contributed by atoms with Crippen LogP contribution in [0.3, 0.4) is 0 Å². The number of nitrogens with one attached hydrogen (secondary N) is 1. The van der Waals surface area contributed by atoms with Gasteiger partial charge in [0, 0.05) is 5.71 Å². The van der Waals surface area contributed by atoms with Gasteiger partial charge < -0.3 is 24.0 Å². The van der Waals surface area contributed by atoms with Crippen molar-refractivity contribution in [2.45, 2.75) is 103 Å². The van der Waals surface area contributed by atoms with Gasteiger partial charge in [0.2, 0.25) is 5.60 Å². The molecule has 0 unspecified atom stereocenters. The molecule has 2 saturated heterocycles. The van der Waals surface area contributed by atoms with Gasteiger partial charge in [-0.1, -0.05) is 32.9 Å². The summed E-state index contributed by atoms with van der Waals surface area (Å²) in [4.78, 5) is 0. The molecule has 2 fully saturated rings. The van der Waals surface area contributed by atoms with E-state index in [1.54, 1.807) is 6.92 Å². The third-order valence-corrected chi connectivity index (χ3v) is 11.1. The first kappa shape index (κ1) is 25.0. The van der Waals surface area contributed by atoms with Crippen LogP contribution < -0.4 is 0 Å². The number of allylic oxidation sites excluding steroid dienone is 3. The molecule has 1 N–H and O–H groups in total. The fourth-order valence-electron chi connectivity index (χ4n) is 3.38. The normalized spacial score (nSPS) is 32.1. The molecule has 0 aliphatic carbocycles. The van der Waals surface area contributed by atoms with Crippen molar-refractivity contribution in [3.8, 4) is 6.07 Å². The van der Waals surface area contributed by atoms with E-state index in [-0.39, 0.29) is 11.1 Å². The van der Waals surface area contributed by atoms with Crippen LogP contribution in [-0.4, -0.2) is 50.3 Å². The van der Waals surface area contributed by atoms with Crippen LogP contribution in [-0.2, 0) is 18.6 Å². The number of hydrogen-bond donors (Lipinski definition) is 1. The number of fused-ring (bicyclic) bond motifs is 1. The van der Waals surface area contributed by atoms with Crippen molar-refractivity contribution in [2.24, 2.45) is 0 Å². The van der Waals surface area contributed by atoms with E-state index < -0.39 is 31.9 Å². The highest BCUT2D eigenvalue weighted by atomic mass is 28.4. The van der Waals surface area contributed by atoms with Crippen LogP contribution in [0.2, 0.25) is 18.1 Å². The number of rotatable bonds is 6. The molecule has 168 valence electrons. The van der Waals surface area contributed by atoms with Crippen molar-refractivity contribution < 1.29 is 18.6 Å². The lowest BCUT2D eigenvalue weighted by atomic mass is 9.88. The summed E-state index contributed by atoms with van der Waals surface area (Å²) in [5, 5.41) is 18.0. The molecule has 0 amide bonds. The molecule has 2 rings (SSSR count). The Hall–Kier alpha value is -1.30. The van der Waals surface area contributed by atoms with Crippen molar-refractivity contribution in [3.05, 3.63) is 23.3 Å². The van der Waals surface area contributed by atoms with E-state index in [1.807, 2.05) is 39.8 Å². The highest BCUT2D eigenvalue weighted by molar-refractivity contribution is 6.74. The fraction of sp³-hybridized carbons (Fsp3) is 0.739. The van der Waals surface area contributed by atoms with Gasteiger partial charge in [0.15, 0.2) is 14.1 Å². The topological polar surface area (TPSA) is 84.6 Å². The summed E-state index contributed by atoms with van der Waals surface area (Å²) < 4.78 is 25.1. The first-order valence-electron chi connectivity index (χ1n) is 10.6. The van der Waals surface area contributed by atoms with Crippen molar-refractivity contribution in [3.63, 3.8) is 0 Å². The summed E-state index contributed by atoms with van der Waals surface area (Å²) in [6.45, 7) is 20.6. The summed E-state index contributed by atoms with van der Waals surface area (Å²) in [6.07, 6.45) is 2.36. The Morgan fingerprint density at radius 3 is 2.23 bits per heavy atom. The number of hydrogen-bond acceptors (Lipinski definition) is 6. The van der Waals surface area contributed by atoms with Gasteiger partial charge in [-0.2, -0.15) is 5.26 Å². The molecule has 4 atom stereocenters. The van der Waals surface area contributed by atoms with Crippen LogP contribution in [0.4, 0.5) is 0 Å². The van der Waals surface area contributed by atoms with Gasteiger partial charge in [-0.05, 0) is 63.9 Å². The molecule has 0 aromatic heterocycles. The van der Waals surface area contributed by atoms with E-state index in [0.717, 1.165) is 11.1 Å². The molecule has 30 heavy (non-hydrogen) atoms. The van der Waals surface area contributed by atoms with E-state index in [9.17, 15) is 5.26 Å². The summed E-state index contributed by atoms with van der Waals surface area (Å²) in [5.74, 6) is -0.798. The quantitative estimate of drug-likeness (QED) is 0.356. The van der Waals surface area contributed by atoms with Crippen LogP contribution in [0.5, 0.6) is 0 Å². The second kappa shape index (κ2) is 8.32. The Morgan fingerprint density at radius 1 is 1.13 bits per heavy atom. The van der Waals surface area contributed by atoms with Crippen LogP contribution in [0.15, 0.2) is 23.3 Å². The van der Waals surface area contributed by atoms with E-state index >= 15 is 0 Å². The lowest BCUT2D eigenvalue weighted by molar-refractivity contribution is -0.195. The van der Waals surface area contributed by atoms with E-state index in [0.29, 0.717) is 12.3 Å². The van der Waals surface area contributed by atoms with Crippen LogP contribution in [0.25, 0.3) is 0 Å². The third-order valence-electron chi connectivity index (χ3n) is 6.57.